The van der Waals surface area contributed by atoms with Gasteiger partial charge in [-0.1, -0.05) is 0 Å². The molecule has 2 amide bonds. The second-order valence-corrected chi connectivity index (χ2v) is 4.96. The number of ether oxygens (including phenoxy) is 1. The molecule has 1 aliphatic heterocycles. The van der Waals surface area contributed by atoms with Gasteiger partial charge in [-0.2, -0.15) is 13.2 Å². The van der Waals surface area contributed by atoms with Crippen LogP contribution in [0.25, 0.3) is 0 Å². The quantitative estimate of drug-likeness (QED) is 0.916. The van der Waals surface area contributed by atoms with Crippen LogP contribution in [0.5, 0.6) is 5.75 Å². The summed E-state index contributed by atoms with van der Waals surface area (Å²) in [5.41, 5.74) is 4.42. The van der Waals surface area contributed by atoms with Gasteiger partial charge in [-0.25, -0.2) is 0 Å². The number of hydrogen-bond acceptors (Lipinski definition) is 3. The number of hydrogen-bond donors (Lipinski definition) is 1. The lowest BCUT2D eigenvalue weighted by molar-refractivity contribution is -0.139. The molecule has 1 atom stereocenters. The molecule has 0 unspecified atom stereocenters. The Hall–Kier alpha value is -2.25. The van der Waals surface area contributed by atoms with E-state index >= 15 is 0 Å². The number of amides is 2. The fourth-order valence-electron chi connectivity index (χ4n) is 2.33. The van der Waals surface area contributed by atoms with E-state index in [-0.39, 0.29) is 12.4 Å². The summed E-state index contributed by atoms with van der Waals surface area (Å²) in [6.07, 6.45) is -3.22. The second kappa shape index (κ2) is 6.25. The highest BCUT2D eigenvalue weighted by molar-refractivity contribution is 5.87. The molecule has 120 valence electrons. The summed E-state index contributed by atoms with van der Waals surface area (Å²) >= 11 is 0. The van der Waals surface area contributed by atoms with Crippen molar-refractivity contribution in [2.24, 2.45) is 5.73 Å². The normalized spacial score (nSPS) is 18.3. The Kier molecular flexibility index (Phi) is 4.58. The van der Waals surface area contributed by atoms with E-state index in [4.69, 9.17) is 10.5 Å². The number of halogens is 3. The maximum Gasteiger partial charge on any atom is 0.416 e. The summed E-state index contributed by atoms with van der Waals surface area (Å²) in [5, 5.41) is 0. The number of primary amides is 1. The molecule has 1 aromatic rings. The van der Waals surface area contributed by atoms with Crippen LogP contribution in [0, 0.1) is 0 Å². The summed E-state index contributed by atoms with van der Waals surface area (Å²) in [4.78, 5) is 24.5. The van der Waals surface area contributed by atoms with Crippen molar-refractivity contribution in [1.82, 2.24) is 4.90 Å². The molecule has 8 heteroatoms. The lowest BCUT2D eigenvalue weighted by Crippen LogP contribution is -2.45. The number of rotatable bonds is 4. The van der Waals surface area contributed by atoms with Gasteiger partial charge in [0.25, 0.3) is 5.91 Å². The fourth-order valence-corrected chi connectivity index (χ4v) is 2.33. The molecule has 1 aliphatic rings. The average Bonchev–Trinajstić information content (AvgIpc) is 2.94. The van der Waals surface area contributed by atoms with E-state index in [9.17, 15) is 22.8 Å². The van der Waals surface area contributed by atoms with Crippen LogP contribution in [0.1, 0.15) is 18.4 Å². The molecule has 5 nitrogen and oxygen atoms in total. The molecule has 0 radical (unpaired) electrons. The Morgan fingerprint density at radius 2 is 1.91 bits per heavy atom. The van der Waals surface area contributed by atoms with E-state index in [1.165, 1.54) is 4.90 Å². The first-order valence-corrected chi connectivity index (χ1v) is 6.68. The predicted molar refractivity (Wildman–Crippen MR) is 70.9 cm³/mol. The molecule has 2 N–H and O–H groups in total. The maximum absolute atomic E-state index is 12.4. The number of nitrogens with zero attached hydrogens (tertiary/aromatic N) is 1. The summed E-state index contributed by atoms with van der Waals surface area (Å²) in [6.45, 7) is 0.0674. The Bertz CT molecular complexity index is 557. The van der Waals surface area contributed by atoms with Crippen molar-refractivity contribution in [1.29, 1.82) is 0 Å². The third-order valence-electron chi connectivity index (χ3n) is 3.45. The molecular weight excluding hydrogens is 301 g/mol. The van der Waals surface area contributed by atoms with Crippen molar-refractivity contribution >= 4 is 11.8 Å². The van der Waals surface area contributed by atoms with Crippen molar-refractivity contribution in [3.8, 4) is 5.75 Å². The predicted octanol–water partition coefficient (Wildman–Crippen LogP) is 1.56. The van der Waals surface area contributed by atoms with Gasteiger partial charge in [-0.3, -0.25) is 9.59 Å². The molecule has 2 rings (SSSR count). The summed E-state index contributed by atoms with van der Waals surface area (Å²) in [7, 11) is 0. The first kappa shape index (κ1) is 16.1. The third-order valence-corrected chi connectivity index (χ3v) is 3.45. The van der Waals surface area contributed by atoms with Gasteiger partial charge >= 0.3 is 6.18 Å². The highest BCUT2D eigenvalue weighted by Crippen LogP contribution is 2.30. The van der Waals surface area contributed by atoms with Crippen LogP contribution in [0.15, 0.2) is 24.3 Å². The van der Waals surface area contributed by atoms with Crippen LogP contribution in [0.3, 0.4) is 0 Å². The van der Waals surface area contributed by atoms with Gasteiger partial charge in [-0.05, 0) is 37.1 Å². The van der Waals surface area contributed by atoms with Gasteiger partial charge in [0, 0.05) is 6.54 Å². The average molecular weight is 316 g/mol. The lowest BCUT2D eigenvalue weighted by Gasteiger charge is -2.22. The van der Waals surface area contributed by atoms with E-state index in [2.05, 4.69) is 0 Å². The largest absolute Gasteiger partial charge is 0.484 e. The highest BCUT2D eigenvalue weighted by atomic mass is 19.4. The molecule has 0 aromatic heterocycles. The monoisotopic (exact) mass is 316 g/mol. The summed E-state index contributed by atoms with van der Waals surface area (Å²) < 4.78 is 42.4. The number of alkyl halides is 3. The summed E-state index contributed by atoms with van der Waals surface area (Å²) in [5.74, 6) is -0.835. The van der Waals surface area contributed by atoms with Gasteiger partial charge in [0.1, 0.15) is 11.8 Å². The zero-order valence-electron chi connectivity index (χ0n) is 11.6. The smallest absolute Gasteiger partial charge is 0.416 e. The molecule has 1 fully saturated rings. The van der Waals surface area contributed by atoms with Crippen molar-refractivity contribution in [3.05, 3.63) is 29.8 Å². The molecule has 0 spiro atoms. The lowest BCUT2D eigenvalue weighted by atomic mass is 10.2. The molecule has 1 aromatic carbocycles. The first-order chi connectivity index (χ1) is 10.3. The third kappa shape index (κ3) is 3.69. The number of carbonyl (C=O) groups excluding carboxylic acids is 2. The van der Waals surface area contributed by atoms with E-state index < -0.39 is 29.6 Å². The Morgan fingerprint density at radius 1 is 1.27 bits per heavy atom. The Morgan fingerprint density at radius 3 is 2.45 bits per heavy atom. The van der Waals surface area contributed by atoms with E-state index in [1.807, 2.05) is 0 Å². The molecule has 0 bridgehead atoms. The topological polar surface area (TPSA) is 72.6 Å². The first-order valence-electron chi connectivity index (χ1n) is 6.68. The van der Waals surface area contributed by atoms with Gasteiger partial charge in [0.2, 0.25) is 5.91 Å². The van der Waals surface area contributed by atoms with Crippen molar-refractivity contribution in [3.63, 3.8) is 0 Å². The van der Waals surface area contributed by atoms with Crippen LogP contribution in [0.4, 0.5) is 13.2 Å². The Balaban J connectivity index is 1.92. The maximum atomic E-state index is 12.4. The zero-order valence-corrected chi connectivity index (χ0v) is 11.6. The number of benzene rings is 1. The number of carbonyl (C=O) groups is 2. The van der Waals surface area contributed by atoms with E-state index in [1.54, 1.807) is 0 Å². The van der Waals surface area contributed by atoms with E-state index in [0.717, 1.165) is 24.3 Å². The minimum absolute atomic E-state index is 0.149. The summed E-state index contributed by atoms with van der Waals surface area (Å²) in [6, 6.07) is 3.41. The highest BCUT2D eigenvalue weighted by Gasteiger charge is 2.33. The van der Waals surface area contributed by atoms with Gasteiger partial charge in [-0.15, -0.1) is 0 Å². The van der Waals surface area contributed by atoms with Crippen molar-refractivity contribution < 1.29 is 27.5 Å². The second-order valence-electron chi connectivity index (χ2n) is 4.96. The van der Waals surface area contributed by atoms with Crippen LogP contribution >= 0.6 is 0 Å². The van der Waals surface area contributed by atoms with Gasteiger partial charge in [0.15, 0.2) is 6.61 Å². The molecular formula is C14H15F3N2O3. The molecule has 1 saturated heterocycles. The molecule has 0 aliphatic carbocycles. The fraction of sp³-hybridized carbons (Fsp3) is 0.429. The van der Waals surface area contributed by atoms with Crippen LogP contribution in [-0.4, -0.2) is 35.9 Å². The number of likely N-dealkylation sites (tertiary alicyclic amines) is 1. The SMILES string of the molecule is NC(=O)[C@H]1CCCN1C(=O)COc1ccc(C(F)(F)F)cc1. The van der Waals surface area contributed by atoms with E-state index in [0.29, 0.717) is 19.4 Å². The van der Waals surface area contributed by atoms with Crippen LogP contribution < -0.4 is 10.5 Å². The van der Waals surface area contributed by atoms with Crippen LogP contribution in [0.2, 0.25) is 0 Å². The molecule has 1 heterocycles. The zero-order chi connectivity index (χ0) is 16.3. The van der Waals surface area contributed by atoms with Crippen molar-refractivity contribution in [2.45, 2.75) is 25.1 Å². The Labute approximate surface area is 124 Å². The minimum atomic E-state index is -4.42. The van der Waals surface area contributed by atoms with Gasteiger partial charge < -0.3 is 15.4 Å². The standard InChI is InChI=1S/C14H15F3N2O3/c15-14(16,17)9-3-5-10(6-4-9)22-8-12(20)19-7-1-2-11(19)13(18)21/h3-6,11H,1-2,7-8H2,(H2,18,21)/t11-/m1/s1. The minimum Gasteiger partial charge on any atom is -0.484 e. The number of nitrogens with two attached hydrogens (primary N) is 1. The van der Waals surface area contributed by atoms with Crippen LogP contribution in [-0.2, 0) is 15.8 Å². The van der Waals surface area contributed by atoms with Crippen molar-refractivity contribution in [2.75, 3.05) is 13.2 Å². The molecule has 22 heavy (non-hydrogen) atoms. The molecule has 0 saturated carbocycles. The van der Waals surface area contributed by atoms with Gasteiger partial charge in [0.05, 0.1) is 5.56 Å².